The first kappa shape index (κ1) is 12.6. The van der Waals surface area contributed by atoms with E-state index in [1.807, 2.05) is 25.3 Å². The number of thiazole rings is 1. The Hall–Kier alpha value is -1.88. The molecule has 0 unspecified atom stereocenters. The van der Waals surface area contributed by atoms with Crippen LogP contribution in [0.2, 0.25) is 0 Å². The van der Waals surface area contributed by atoms with Crippen molar-refractivity contribution in [1.29, 1.82) is 0 Å². The van der Waals surface area contributed by atoms with Crippen LogP contribution < -0.4 is 5.32 Å². The average molecular weight is 262 g/mol. The highest BCUT2D eigenvalue weighted by molar-refractivity contribution is 7.09. The minimum Gasteiger partial charge on any atom is -0.478 e. The molecule has 0 aliphatic carbocycles. The smallest absolute Gasteiger partial charge is 0.337 e. The van der Waals surface area contributed by atoms with Gasteiger partial charge in [-0.1, -0.05) is 11.6 Å². The zero-order chi connectivity index (χ0) is 13.1. The van der Waals surface area contributed by atoms with E-state index in [9.17, 15) is 4.79 Å². The SMILES string of the molecule is Cc1ccc(NCc2nc(C)cs2)c(C(=O)O)c1. The third-order valence-corrected chi connectivity index (χ3v) is 3.47. The summed E-state index contributed by atoms with van der Waals surface area (Å²) in [5, 5.41) is 15.2. The summed E-state index contributed by atoms with van der Waals surface area (Å²) in [6.07, 6.45) is 0. The van der Waals surface area contributed by atoms with Gasteiger partial charge in [-0.15, -0.1) is 11.3 Å². The van der Waals surface area contributed by atoms with Gasteiger partial charge in [0.2, 0.25) is 0 Å². The maximum atomic E-state index is 11.1. The first-order chi connectivity index (χ1) is 8.56. The van der Waals surface area contributed by atoms with Gasteiger partial charge in [0.05, 0.1) is 12.1 Å². The number of hydrogen-bond acceptors (Lipinski definition) is 4. The Kier molecular flexibility index (Phi) is 3.62. The number of carboxylic acid groups (broad SMARTS) is 1. The Morgan fingerprint density at radius 1 is 1.44 bits per heavy atom. The van der Waals surface area contributed by atoms with Crippen LogP contribution in [-0.4, -0.2) is 16.1 Å². The Morgan fingerprint density at radius 2 is 2.22 bits per heavy atom. The van der Waals surface area contributed by atoms with Crippen molar-refractivity contribution in [3.63, 3.8) is 0 Å². The summed E-state index contributed by atoms with van der Waals surface area (Å²) in [5.74, 6) is -0.920. The van der Waals surface area contributed by atoms with Gasteiger partial charge in [-0.3, -0.25) is 0 Å². The van der Waals surface area contributed by atoms with E-state index in [1.165, 1.54) is 0 Å². The molecule has 0 saturated heterocycles. The number of nitrogens with one attached hydrogen (secondary N) is 1. The molecule has 1 aromatic carbocycles. The molecule has 1 aromatic heterocycles. The molecule has 18 heavy (non-hydrogen) atoms. The predicted octanol–water partition coefficient (Wildman–Crippen LogP) is 3.07. The van der Waals surface area contributed by atoms with E-state index in [0.717, 1.165) is 16.3 Å². The minimum atomic E-state index is -0.920. The molecule has 5 heteroatoms. The molecule has 0 aliphatic heterocycles. The molecular weight excluding hydrogens is 248 g/mol. The largest absolute Gasteiger partial charge is 0.478 e. The van der Waals surface area contributed by atoms with E-state index in [0.29, 0.717) is 17.8 Å². The van der Waals surface area contributed by atoms with E-state index in [4.69, 9.17) is 5.11 Å². The van der Waals surface area contributed by atoms with Crippen molar-refractivity contribution in [1.82, 2.24) is 4.98 Å². The molecule has 2 aromatic rings. The number of rotatable bonds is 4. The molecule has 0 radical (unpaired) electrons. The molecule has 0 fully saturated rings. The second-order valence-corrected chi connectivity index (χ2v) is 5.03. The lowest BCUT2D eigenvalue weighted by molar-refractivity contribution is 0.0698. The second-order valence-electron chi connectivity index (χ2n) is 4.09. The number of hydrogen-bond donors (Lipinski definition) is 2. The van der Waals surface area contributed by atoms with Crippen molar-refractivity contribution in [2.75, 3.05) is 5.32 Å². The van der Waals surface area contributed by atoms with Gasteiger partial charge >= 0.3 is 5.97 Å². The maximum absolute atomic E-state index is 11.1. The van der Waals surface area contributed by atoms with Crippen molar-refractivity contribution in [3.05, 3.63) is 45.4 Å². The first-order valence-corrected chi connectivity index (χ1v) is 6.43. The van der Waals surface area contributed by atoms with Gasteiger partial charge < -0.3 is 10.4 Å². The molecule has 0 aliphatic rings. The van der Waals surface area contributed by atoms with E-state index in [1.54, 1.807) is 23.5 Å². The maximum Gasteiger partial charge on any atom is 0.337 e. The molecule has 2 rings (SSSR count). The predicted molar refractivity (Wildman–Crippen MR) is 72.3 cm³/mol. The highest BCUT2D eigenvalue weighted by Gasteiger charge is 2.10. The van der Waals surface area contributed by atoms with Crippen LogP contribution in [0.1, 0.15) is 26.6 Å². The number of aromatic nitrogens is 1. The van der Waals surface area contributed by atoms with E-state index < -0.39 is 5.97 Å². The zero-order valence-electron chi connectivity index (χ0n) is 10.2. The Bertz CT molecular complexity index is 578. The molecule has 0 bridgehead atoms. The first-order valence-electron chi connectivity index (χ1n) is 5.55. The van der Waals surface area contributed by atoms with Crippen molar-refractivity contribution >= 4 is 23.0 Å². The van der Waals surface area contributed by atoms with Gasteiger partial charge in [-0.25, -0.2) is 9.78 Å². The Morgan fingerprint density at radius 3 is 2.83 bits per heavy atom. The fraction of sp³-hybridized carbons (Fsp3) is 0.231. The summed E-state index contributed by atoms with van der Waals surface area (Å²) >= 11 is 1.57. The van der Waals surface area contributed by atoms with Crippen LogP contribution in [-0.2, 0) is 6.54 Å². The van der Waals surface area contributed by atoms with Crippen LogP contribution in [0.3, 0.4) is 0 Å². The van der Waals surface area contributed by atoms with Gasteiger partial charge in [-0.2, -0.15) is 0 Å². The topological polar surface area (TPSA) is 62.2 Å². The third-order valence-electron chi connectivity index (χ3n) is 2.50. The molecule has 94 valence electrons. The molecule has 0 spiro atoms. The van der Waals surface area contributed by atoms with Crippen molar-refractivity contribution in [2.45, 2.75) is 20.4 Å². The summed E-state index contributed by atoms with van der Waals surface area (Å²) in [7, 11) is 0. The number of anilines is 1. The number of nitrogens with zero attached hydrogens (tertiary/aromatic N) is 1. The second kappa shape index (κ2) is 5.18. The molecule has 0 saturated carbocycles. The van der Waals surface area contributed by atoms with E-state index >= 15 is 0 Å². The number of carboxylic acids is 1. The van der Waals surface area contributed by atoms with Gasteiger partial charge in [0, 0.05) is 16.8 Å². The average Bonchev–Trinajstić information content (AvgIpc) is 2.73. The molecule has 1 heterocycles. The highest BCUT2D eigenvalue weighted by atomic mass is 32.1. The fourth-order valence-corrected chi connectivity index (χ4v) is 2.36. The lowest BCUT2D eigenvalue weighted by atomic mass is 10.1. The number of aryl methyl sites for hydroxylation is 2. The van der Waals surface area contributed by atoms with Crippen LogP contribution in [0.15, 0.2) is 23.6 Å². The van der Waals surface area contributed by atoms with Crippen LogP contribution in [0.25, 0.3) is 0 Å². The number of carbonyl (C=O) groups is 1. The molecule has 0 amide bonds. The molecule has 0 atom stereocenters. The molecule has 2 N–H and O–H groups in total. The Balaban J connectivity index is 2.16. The molecular formula is C13H14N2O2S. The normalized spacial score (nSPS) is 10.3. The Labute approximate surface area is 109 Å². The quantitative estimate of drug-likeness (QED) is 0.889. The summed E-state index contributed by atoms with van der Waals surface area (Å²) in [4.78, 5) is 15.5. The summed E-state index contributed by atoms with van der Waals surface area (Å²) in [6.45, 7) is 4.36. The van der Waals surface area contributed by atoms with E-state index in [2.05, 4.69) is 10.3 Å². The van der Waals surface area contributed by atoms with Crippen LogP contribution in [0, 0.1) is 13.8 Å². The monoisotopic (exact) mass is 262 g/mol. The molecule has 4 nitrogen and oxygen atoms in total. The van der Waals surface area contributed by atoms with Gasteiger partial charge in [0.1, 0.15) is 5.01 Å². The highest BCUT2D eigenvalue weighted by Crippen LogP contribution is 2.19. The van der Waals surface area contributed by atoms with Crippen LogP contribution in [0.4, 0.5) is 5.69 Å². The summed E-state index contributed by atoms with van der Waals surface area (Å²) in [6, 6.07) is 5.35. The third kappa shape index (κ3) is 2.87. The van der Waals surface area contributed by atoms with Gasteiger partial charge in [-0.05, 0) is 26.0 Å². The lowest BCUT2D eigenvalue weighted by Crippen LogP contribution is -2.06. The number of aromatic carboxylic acids is 1. The van der Waals surface area contributed by atoms with Crippen molar-refractivity contribution in [3.8, 4) is 0 Å². The minimum absolute atomic E-state index is 0.295. The zero-order valence-corrected chi connectivity index (χ0v) is 11.0. The fourth-order valence-electron chi connectivity index (χ4n) is 1.64. The standard InChI is InChI=1S/C13H14N2O2S/c1-8-3-4-11(10(5-8)13(16)17)14-6-12-15-9(2)7-18-12/h3-5,7,14H,6H2,1-2H3,(H,16,17). The lowest BCUT2D eigenvalue weighted by Gasteiger charge is -2.08. The number of benzene rings is 1. The summed E-state index contributed by atoms with van der Waals surface area (Å²) < 4.78 is 0. The van der Waals surface area contributed by atoms with Gasteiger partial charge in [0.25, 0.3) is 0 Å². The van der Waals surface area contributed by atoms with Crippen molar-refractivity contribution < 1.29 is 9.90 Å². The van der Waals surface area contributed by atoms with Crippen LogP contribution in [0.5, 0.6) is 0 Å². The van der Waals surface area contributed by atoms with Gasteiger partial charge in [0.15, 0.2) is 0 Å². The van der Waals surface area contributed by atoms with Crippen molar-refractivity contribution in [2.24, 2.45) is 0 Å². The van der Waals surface area contributed by atoms with Crippen LogP contribution >= 0.6 is 11.3 Å². The summed E-state index contributed by atoms with van der Waals surface area (Å²) in [5.41, 5.74) is 2.84. The van der Waals surface area contributed by atoms with E-state index in [-0.39, 0.29) is 0 Å².